The number of hydrogen-bond acceptors (Lipinski definition) is 2. The molecule has 0 bridgehead atoms. The zero-order valence-corrected chi connectivity index (χ0v) is 7.70. The van der Waals surface area contributed by atoms with Crippen molar-refractivity contribution in [1.82, 2.24) is 5.32 Å². The molecule has 0 aliphatic rings. The van der Waals surface area contributed by atoms with Crippen molar-refractivity contribution < 1.29 is 4.79 Å². The van der Waals surface area contributed by atoms with E-state index in [9.17, 15) is 4.79 Å². The van der Waals surface area contributed by atoms with E-state index in [1.165, 1.54) is 0 Å². The van der Waals surface area contributed by atoms with Gasteiger partial charge in [-0.1, -0.05) is 26.1 Å². The Labute approximate surface area is 72.3 Å². The van der Waals surface area contributed by atoms with Crippen LogP contribution in [0.5, 0.6) is 0 Å². The first-order chi connectivity index (χ1) is 5.13. The summed E-state index contributed by atoms with van der Waals surface area (Å²) in [6, 6.07) is 0. The Morgan fingerprint density at radius 1 is 1.64 bits per heavy atom. The van der Waals surface area contributed by atoms with Gasteiger partial charge in [0.1, 0.15) is 0 Å². The van der Waals surface area contributed by atoms with Crippen molar-refractivity contribution >= 4 is 23.6 Å². The number of hydrogen-bond donors (Lipinski definition) is 2. The van der Waals surface area contributed by atoms with Gasteiger partial charge in [-0.2, -0.15) is 0 Å². The highest BCUT2D eigenvalue weighted by atomic mass is 32.1. The minimum atomic E-state index is -0.475. The van der Waals surface area contributed by atoms with E-state index in [0.717, 1.165) is 12.8 Å². The van der Waals surface area contributed by atoms with Gasteiger partial charge in [0.05, 0.1) is 10.5 Å². The molecule has 0 aromatic heterocycles. The molecule has 4 heteroatoms. The average molecular weight is 174 g/mol. The second-order valence-corrected chi connectivity index (χ2v) is 2.86. The fourth-order valence-corrected chi connectivity index (χ4v) is 1.33. The van der Waals surface area contributed by atoms with Crippen LogP contribution in [0.3, 0.4) is 0 Å². The first-order valence-corrected chi connectivity index (χ1v) is 4.05. The predicted octanol–water partition coefficient (Wildman–Crippen LogP) is 0.577. The highest BCUT2D eigenvalue weighted by Crippen LogP contribution is 2.14. The van der Waals surface area contributed by atoms with Gasteiger partial charge in [0, 0.05) is 0 Å². The molecular weight excluding hydrogens is 160 g/mol. The monoisotopic (exact) mass is 174 g/mol. The van der Waals surface area contributed by atoms with Crippen LogP contribution in [0.25, 0.3) is 0 Å². The second-order valence-electron chi connectivity index (χ2n) is 2.42. The maximum atomic E-state index is 10.2. The molecule has 0 aromatic rings. The molecule has 0 aliphatic heterocycles. The maximum absolute atomic E-state index is 10.2. The first kappa shape index (κ1) is 10.4. The van der Waals surface area contributed by atoms with Crippen LogP contribution in [-0.4, -0.2) is 16.9 Å². The number of carbonyl (C=O) groups is 1. The standard InChI is InChI=1S/C7H14N2OS/c1-3-7(4-2,6(8)11)9-5-10/h5H,3-4H2,1-2H3,(H2,8,11)(H,9,10). The molecule has 1 amide bonds. The summed E-state index contributed by atoms with van der Waals surface area (Å²) in [6.45, 7) is 3.89. The van der Waals surface area contributed by atoms with E-state index in [4.69, 9.17) is 18.0 Å². The largest absolute Gasteiger partial charge is 0.391 e. The maximum Gasteiger partial charge on any atom is 0.207 e. The molecule has 0 radical (unpaired) electrons. The summed E-state index contributed by atoms with van der Waals surface area (Å²) in [5.41, 5.74) is 5.01. The van der Waals surface area contributed by atoms with Gasteiger partial charge >= 0.3 is 0 Å². The molecule has 0 aliphatic carbocycles. The lowest BCUT2D eigenvalue weighted by Gasteiger charge is -2.29. The number of thiocarbonyl (C=S) groups is 1. The molecule has 0 saturated carbocycles. The van der Waals surface area contributed by atoms with E-state index in [1.807, 2.05) is 13.8 Å². The lowest BCUT2D eigenvalue weighted by molar-refractivity contribution is -0.110. The number of rotatable bonds is 5. The van der Waals surface area contributed by atoms with Gasteiger partial charge in [-0.3, -0.25) is 4.79 Å². The topological polar surface area (TPSA) is 55.1 Å². The van der Waals surface area contributed by atoms with Crippen LogP contribution in [0, 0.1) is 0 Å². The third-order valence-electron chi connectivity index (χ3n) is 2.01. The van der Waals surface area contributed by atoms with Gasteiger partial charge in [-0.15, -0.1) is 0 Å². The molecule has 0 aromatic carbocycles. The fourth-order valence-electron chi connectivity index (χ4n) is 0.987. The Morgan fingerprint density at radius 2 is 2.09 bits per heavy atom. The summed E-state index contributed by atoms with van der Waals surface area (Å²) in [6.07, 6.45) is 2.11. The lowest BCUT2D eigenvalue weighted by Crippen LogP contribution is -2.53. The second kappa shape index (κ2) is 4.28. The highest BCUT2D eigenvalue weighted by Gasteiger charge is 2.28. The zero-order valence-electron chi connectivity index (χ0n) is 6.89. The van der Waals surface area contributed by atoms with Gasteiger partial charge in [-0.25, -0.2) is 0 Å². The van der Waals surface area contributed by atoms with Gasteiger partial charge in [-0.05, 0) is 12.8 Å². The van der Waals surface area contributed by atoms with E-state index < -0.39 is 5.54 Å². The van der Waals surface area contributed by atoms with Crippen molar-refractivity contribution in [2.45, 2.75) is 32.2 Å². The first-order valence-electron chi connectivity index (χ1n) is 3.64. The van der Waals surface area contributed by atoms with Crippen LogP contribution >= 0.6 is 12.2 Å². The van der Waals surface area contributed by atoms with Crippen molar-refractivity contribution in [2.75, 3.05) is 0 Å². The summed E-state index contributed by atoms with van der Waals surface area (Å²) in [5, 5.41) is 2.65. The Balaban J connectivity index is 4.45. The molecular formula is C7H14N2OS. The third-order valence-corrected chi connectivity index (χ3v) is 2.40. The minimum Gasteiger partial charge on any atom is -0.391 e. The minimum absolute atomic E-state index is 0.356. The number of amides is 1. The molecule has 11 heavy (non-hydrogen) atoms. The highest BCUT2D eigenvalue weighted by molar-refractivity contribution is 7.80. The Morgan fingerprint density at radius 3 is 2.18 bits per heavy atom. The number of carbonyl (C=O) groups excluding carboxylic acids is 1. The summed E-state index contributed by atoms with van der Waals surface area (Å²) >= 11 is 4.85. The fraction of sp³-hybridized carbons (Fsp3) is 0.714. The molecule has 0 heterocycles. The van der Waals surface area contributed by atoms with Gasteiger partial charge < -0.3 is 11.1 Å². The van der Waals surface area contributed by atoms with Crippen LogP contribution in [0.4, 0.5) is 0 Å². The molecule has 64 valence electrons. The van der Waals surface area contributed by atoms with Gasteiger partial charge in [0.15, 0.2) is 0 Å². The van der Waals surface area contributed by atoms with Crippen molar-refractivity contribution in [3.05, 3.63) is 0 Å². The van der Waals surface area contributed by atoms with Crippen LogP contribution in [0.1, 0.15) is 26.7 Å². The Bertz CT molecular complexity index is 155. The normalized spacial score (nSPS) is 10.7. The molecule has 0 atom stereocenters. The van der Waals surface area contributed by atoms with Crippen LogP contribution in [-0.2, 0) is 4.79 Å². The molecule has 3 N–H and O–H groups in total. The number of nitrogens with one attached hydrogen (secondary N) is 1. The summed E-state index contributed by atoms with van der Waals surface area (Å²) in [5.74, 6) is 0. The van der Waals surface area contributed by atoms with Crippen LogP contribution in [0.2, 0.25) is 0 Å². The van der Waals surface area contributed by atoms with Crippen molar-refractivity contribution in [1.29, 1.82) is 0 Å². The van der Waals surface area contributed by atoms with E-state index >= 15 is 0 Å². The molecule has 0 fully saturated rings. The van der Waals surface area contributed by atoms with Crippen LogP contribution in [0.15, 0.2) is 0 Å². The third kappa shape index (κ3) is 2.15. The van der Waals surface area contributed by atoms with Crippen LogP contribution < -0.4 is 11.1 Å². The van der Waals surface area contributed by atoms with Crippen molar-refractivity contribution in [2.24, 2.45) is 5.73 Å². The molecule has 0 unspecified atom stereocenters. The lowest BCUT2D eigenvalue weighted by atomic mass is 9.93. The Kier molecular flexibility index (Phi) is 4.03. The van der Waals surface area contributed by atoms with E-state index in [1.54, 1.807) is 0 Å². The average Bonchev–Trinajstić information content (AvgIpc) is 2.00. The summed E-state index contributed by atoms with van der Waals surface area (Å²) in [7, 11) is 0. The molecule has 3 nitrogen and oxygen atoms in total. The van der Waals surface area contributed by atoms with Crippen molar-refractivity contribution in [3.8, 4) is 0 Å². The zero-order chi connectivity index (χ0) is 8.91. The predicted molar refractivity (Wildman–Crippen MR) is 49.3 cm³/mol. The molecule has 0 saturated heterocycles. The molecule has 0 spiro atoms. The number of nitrogens with two attached hydrogens (primary N) is 1. The van der Waals surface area contributed by atoms with Crippen molar-refractivity contribution in [3.63, 3.8) is 0 Å². The quantitative estimate of drug-likeness (QED) is 0.473. The van der Waals surface area contributed by atoms with E-state index in [2.05, 4.69) is 5.32 Å². The van der Waals surface area contributed by atoms with E-state index in [-0.39, 0.29) is 0 Å². The summed E-state index contributed by atoms with van der Waals surface area (Å²) in [4.78, 5) is 10.6. The van der Waals surface area contributed by atoms with E-state index in [0.29, 0.717) is 11.4 Å². The van der Waals surface area contributed by atoms with Gasteiger partial charge in [0.2, 0.25) is 6.41 Å². The molecule has 0 rings (SSSR count). The van der Waals surface area contributed by atoms with Gasteiger partial charge in [0.25, 0.3) is 0 Å². The Hall–Kier alpha value is -0.640. The summed E-state index contributed by atoms with van der Waals surface area (Å²) < 4.78 is 0. The smallest absolute Gasteiger partial charge is 0.207 e. The SMILES string of the molecule is CCC(CC)(NC=O)C(N)=S.